The number of rotatable bonds is 4. The predicted octanol–water partition coefficient (Wildman–Crippen LogP) is 1.70. The van der Waals surface area contributed by atoms with Crippen molar-refractivity contribution in [2.45, 2.75) is 24.3 Å². The standard InChI is InChI=1S/C21H23N3O2/c1-23-18-10-6-5-9-17(18)21(20(23)26,11-15-7-3-2-4-8-15)12-19(25)24-13-16(22)14-24/h2-10,16H,11-14,22H2,1H3/t21-/m0/s1. The van der Waals surface area contributed by atoms with Gasteiger partial charge in [0.15, 0.2) is 0 Å². The fraction of sp³-hybridized carbons (Fsp3) is 0.333. The van der Waals surface area contributed by atoms with Crippen LogP contribution in [0.2, 0.25) is 0 Å². The molecule has 5 heteroatoms. The monoisotopic (exact) mass is 349 g/mol. The third-order valence-corrected chi connectivity index (χ3v) is 5.56. The summed E-state index contributed by atoms with van der Waals surface area (Å²) in [4.78, 5) is 29.7. The van der Waals surface area contributed by atoms with Crippen LogP contribution < -0.4 is 10.6 Å². The number of carbonyl (C=O) groups is 2. The van der Waals surface area contributed by atoms with Gasteiger partial charge in [-0.25, -0.2) is 0 Å². The second-order valence-corrected chi connectivity index (χ2v) is 7.36. The minimum atomic E-state index is -0.858. The molecule has 134 valence electrons. The summed E-state index contributed by atoms with van der Waals surface area (Å²) in [6, 6.07) is 17.8. The van der Waals surface area contributed by atoms with Gasteiger partial charge >= 0.3 is 0 Å². The molecule has 2 aromatic rings. The van der Waals surface area contributed by atoms with Crippen molar-refractivity contribution in [1.29, 1.82) is 0 Å². The third-order valence-electron chi connectivity index (χ3n) is 5.56. The molecule has 2 aromatic carbocycles. The Morgan fingerprint density at radius 3 is 2.46 bits per heavy atom. The van der Waals surface area contributed by atoms with Crippen molar-refractivity contribution in [3.63, 3.8) is 0 Å². The van der Waals surface area contributed by atoms with Gasteiger partial charge in [-0.1, -0.05) is 48.5 Å². The van der Waals surface area contributed by atoms with E-state index in [-0.39, 0.29) is 24.3 Å². The van der Waals surface area contributed by atoms with Crippen LogP contribution in [0.5, 0.6) is 0 Å². The quantitative estimate of drug-likeness (QED) is 0.914. The van der Waals surface area contributed by atoms with Gasteiger partial charge in [0.1, 0.15) is 0 Å². The van der Waals surface area contributed by atoms with E-state index in [9.17, 15) is 9.59 Å². The normalized spacial score (nSPS) is 22.3. The van der Waals surface area contributed by atoms with Gasteiger partial charge in [-0.05, 0) is 23.6 Å². The molecule has 2 aliphatic rings. The second kappa shape index (κ2) is 6.25. The lowest BCUT2D eigenvalue weighted by Crippen LogP contribution is -2.59. The first-order chi connectivity index (χ1) is 12.5. The lowest BCUT2D eigenvalue weighted by molar-refractivity contribution is -0.139. The molecule has 0 radical (unpaired) electrons. The number of anilines is 1. The molecule has 4 rings (SSSR count). The van der Waals surface area contributed by atoms with Crippen molar-refractivity contribution in [2.24, 2.45) is 5.73 Å². The maximum Gasteiger partial charge on any atom is 0.238 e. The zero-order valence-corrected chi connectivity index (χ0v) is 14.9. The molecule has 1 saturated heterocycles. The number of nitrogens with zero attached hydrogens (tertiary/aromatic N) is 2. The Labute approximate surface area is 153 Å². The molecule has 26 heavy (non-hydrogen) atoms. The van der Waals surface area contributed by atoms with Crippen LogP contribution in [0.4, 0.5) is 5.69 Å². The van der Waals surface area contributed by atoms with Crippen molar-refractivity contribution in [1.82, 2.24) is 4.90 Å². The number of fused-ring (bicyclic) bond motifs is 1. The van der Waals surface area contributed by atoms with Crippen LogP contribution in [0.3, 0.4) is 0 Å². The van der Waals surface area contributed by atoms with Gasteiger partial charge in [0.05, 0.1) is 5.41 Å². The highest BCUT2D eigenvalue weighted by Crippen LogP contribution is 2.45. The van der Waals surface area contributed by atoms with Crippen LogP contribution in [0, 0.1) is 0 Å². The Kier molecular flexibility index (Phi) is 4.04. The van der Waals surface area contributed by atoms with E-state index in [0.29, 0.717) is 19.5 Å². The summed E-state index contributed by atoms with van der Waals surface area (Å²) in [6.07, 6.45) is 0.689. The molecule has 5 nitrogen and oxygen atoms in total. The first-order valence-corrected chi connectivity index (χ1v) is 8.96. The van der Waals surface area contributed by atoms with E-state index in [1.165, 1.54) is 0 Å². The zero-order chi connectivity index (χ0) is 18.3. The number of benzene rings is 2. The van der Waals surface area contributed by atoms with E-state index in [2.05, 4.69) is 0 Å². The summed E-state index contributed by atoms with van der Waals surface area (Å²) >= 11 is 0. The number of nitrogens with two attached hydrogens (primary N) is 1. The predicted molar refractivity (Wildman–Crippen MR) is 101 cm³/mol. The van der Waals surface area contributed by atoms with Gasteiger partial charge < -0.3 is 15.5 Å². The molecule has 2 heterocycles. The Morgan fingerprint density at radius 1 is 1.12 bits per heavy atom. The smallest absolute Gasteiger partial charge is 0.238 e. The molecule has 0 aromatic heterocycles. The summed E-state index contributed by atoms with van der Waals surface area (Å²) in [5.41, 5.74) is 7.85. The molecule has 1 fully saturated rings. The summed E-state index contributed by atoms with van der Waals surface area (Å²) < 4.78 is 0. The molecular formula is C21H23N3O2. The first-order valence-electron chi connectivity index (χ1n) is 8.96. The van der Waals surface area contributed by atoms with Crippen molar-refractivity contribution in [3.05, 3.63) is 65.7 Å². The van der Waals surface area contributed by atoms with Crippen LogP contribution in [0.25, 0.3) is 0 Å². The van der Waals surface area contributed by atoms with E-state index in [1.807, 2.05) is 54.6 Å². The van der Waals surface area contributed by atoms with Gasteiger partial charge in [0, 0.05) is 38.3 Å². The molecule has 2 N–H and O–H groups in total. The van der Waals surface area contributed by atoms with Gasteiger partial charge in [-0.2, -0.15) is 0 Å². The van der Waals surface area contributed by atoms with Crippen LogP contribution >= 0.6 is 0 Å². The van der Waals surface area contributed by atoms with Crippen molar-refractivity contribution >= 4 is 17.5 Å². The number of likely N-dealkylation sites (N-methyl/N-ethyl adjacent to an activating group) is 1. The minimum absolute atomic E-state index is 0.00100. The number of likely N-dealkylation sites (tertiary alicyclic amines) is 1. The number of amides is 2. The van der Waals surface area contributed by atoms with E-state index >= 15 is 0 Å². The molecular weight excluding hydrogens is 326 g/mol. The Morgan fingerprint density at radius 2 is 1.77 bits per heavy atom. The maximum absolute atomic E-state index is 13.3. The molecule has 2 aliphatic heterocycles. The number of para-hydroxylation sites is 1. The van der Waals surface area contributed by atoms with Gasteiger partial charge in [-0.3, -0.25) is 9.59 Å². The second-order valence-electron chi connectivity index (χ2n) is 7.36. The number of carbonyl (C=O) groups excluding carboxylic acids is 2. The SMILES string of the molecule is CN1C(=O)[C@](CC(=O)N2CC(N)C2)(Cc2ccccc2)c2ccccc21. The molecule has 0 unspecified atom stereocenters. The third kappa shape index (κ3) is 2.59. The molecule has 2 amide bonds. The summed E-state index contributed by atoms with van der Waals surface area (Å²) in [7, 11) is 1.79. The molecule has 0 saturated carbocycles. The topological polar surface area (TPSA) is 66.6 Å². The fourth-order valence-corrected chi connectivity index (χ4v) is 4.15. The van der Waals surface area contributed by atoms with Crippen molar-refractivity contribution < 1.29 is 9.59 Å². The molecule has 1 atom stereocenters. The van der Waals surface area contributed by atoms with Gasteiger partial charge in [0.25, 0.3) is 0 Å². The summed E-state index contributed by atoms with van der Waals surface area (Å²) in [6.45, 7) is 1.15. The molecule has 0 bridgehead atoms. The van der Waals surface area contributed by atoms with Gasteiger partial charge in [-0.15, -0.1) is 0 Å². The maximum atomic E-state index is 13.3. The largest absolute Gasteiger partial charge is 0.339 e. The van der Waals surface area contributed by atoms with Crippen molar-refractivity contribution in [3.8, 4) is 0 Å². The van der Waals surface area contributed by atoms with E-state index in [0.717, 1.165) is 16.8 Å². The number of hydrogen-bond acceptors (Lipinski definition) is 3. The van der Waals surface area contributed by atoms with Crippen molar-refractivity contribution in [2.75, 3.05) is 25.0 Å². The number of hydrogen-bond donors (Lipinski definition) is 1. The highest BCUT2D eigenvalue weighted by atomic mass is 16.2. The Bertz CT molecular complexity index is 845. The van der Waals surface area contributed by atoms with Crippen LogP contribution in [-0.4, -0.2) is 42.9 Å². The highest BCUT2D eigenvalue weighted by molar-refractivity contribution is 6.10. The van der Waals surface area contributed by atoms with Crippen LogP contribution in [0.15, 0.2) is 54.6 Å². The van der Waals surface area contributed by atoms with Gasteiger partial charge in [0.2, 0.25) is 11.8 Å². The fourth-order valence-electron chi connectivity index (χ4n) is 4.15. The highest BCUT2D eigenvalue weighted by Gasteiger charge is 2.51. The lowest BCUT2D eigenvalue weighted by Gasteiger charge is -2.39. The summed E-state index contributed by atoms with van der Waals surface area (Å²) in [5, 5.41) is 0. The Balaban J connectivity index is 1.75. The minimum Gasteiger partial charge on any atom is -0.339 e. The zero-order valence-electron chi connectivity index (χ0n) is 14.9. The van der Waals surface area contributed by atoms with E-state index in [4.69, 9.17) is 5.73 Å². The Hall–Kier alpha value is -2.66. The average Bonchev–Trinajstić information content (AvgIpc) is 2.83. The van der Waals surface area contributed by atoms with E-state index < -0.39 is 5.41 Å². The summed E-state index contributed by atoms with van der Waals surface area (Å²) in [5.74, 6) is -0.0122. The molecule has 0 aliphatic carbocycles. The van der Waals surface area contributed by atoms with Crippen LogP contribution in [-0.2, 0) is 21.4 Å². The van der Waals surface area contributed by atoms with Crippen LogP contribution in [0.1, 0.15) is 17.5 Å². The average molecular weight is 349 g/mol. The lowest BCUT2D eigenvalue weighted by atomic mass is 9.73. The molecule has 0 spiro atoms. The first kappa shape index (κ1) is 16.8. The van der Waals surface area contributed by atoms with E-state index in [1.54, 1.807) is 16.8 Å².